The van der Waals surface area contributed by atoms with Gasteiger partial charge < -0.3 is 10.1 Å². The Labute approximate surface area is 154 Å². The fourth-order valence-corrected chi connectivity index (χ4v) is 2.98. The molecular weight excluding hydrogens is 369 g/mol. The second kappa shape index (κ2) is 9.57. The van der Waals surface area contributed by atoms with E-state index in [9.17, 15) is 9.59 Å². The zero-order valence-corrected chi connectivity index (χ0v) is 15.0. The second-order valence-corrected chi connectivity index (χ2v) is 6.68. The highest BCUT2D eigenvalue weighted by molar-refractivity contribution is 7.99. The van der Waals surface area contributed by atoms with Gasteiger partial charge in [0.25, 0.3) is 5.91 Å². The number of carbonyl (C=O) groups excluding carboxylic acids is 2. The Balaban J connectivity index is 1.69. The van der Waals surface area contributed by atoms with Crippen molar-refractivity contribution in [3.05, 3.63) is 58.6 Å². The van der Waals surface area contributed by atoms with E-state index < -0.39 is 11.9 Å². The minimum Gasteiger partial charge on any atom is -0.456 e. The lowest BCUT2D eigenvalue weighted by atomic mass is 10.3. The lowest BCUT2D eigenvalue weighted by molar-refractivity contribution is -0.146. The lowest BCUT2D eigenvalue weighted by Gasteiger charge is -2.08. The number of amides is 1. The SMILES string of the molecule is O=C(COC(=O)CCSc1ccccc1)Nc1cccc(Cl)c1Cl. The Morgan fingerprint density at radius 3 is 2.54 bits per heavy atom. The van der Waals surface area contributed by atoms with Gasteiger partial charge in [-0.2, -0.15) is 0 Å². The number of thioether (sulfide) groups is 1. The van der Waals surface area contributed by atoms with Crippen LogP contribution in [-0.4, -0.2) is 24.2 Å². The number of rotatable bonds is 7. The Morgan fingerprint density at radius 2 is 1.79 bits per heavy atom. The third-order valence-electron chi connectivity index (χ3n) is 2.91. The van der Waals surface area contributed by atoms with Gasteiger partial charge in [0.05, 0.1) is 22.2 Å². The van der Waals surface area contributed by atoms with Gasteiger partial charge in [0.2, 0.25) is 0 Å². The van der Waals surface area contributed by atoms with Crippen molar-refractivity contribution in [1.82, 2.24) is 0 Å². The predicted octanol–water partition coefficient (Wildman–Crippen LogP) is 4.66. The van der Waals surface area contributed by atoms with E-state index in [-0.39, 0.29) is 18.1 Å². The number of benzene rings is 2. The fourth-order valence-electron chi connectivity index (χ4n) is 1.77. The first-order valence-corrected chi connectivity index (χ1v) is 8.88. The molecule has 0 aliphatic carbocycles. The van der Waals surface area contributed by atoms with Gasteiger partial charge in [-0.3, -0.25) is 9.59 Å². The minimum atomic E-state index is -0.469. The summed E-state index contributed by atoms with van der Waals surface area (Å²) in [4.78, 5) is 24.5. The summed E-state index contributed by atoms with van der Waals surface area (Å²) in [5.74, 6) is -0.307. The fraction of sp³-hybridized carbons (Fsp3) is 0.176. The first-order chi connectivity index (χ1) is 11.6. The zero-order chi connectivity index (χ0) is 17.4. The van der Waals surface area contributed by atoms with Gasteiger partial charge >= 0.3 is 5.97 Å². The van der Waals surface area contributed by atoms with Crippen molar-refractivity contribution in [2.45, 2.75) is 11.3 Å². The van der Waals surface area contributed by atoms with Gasteiger partial charge in [-0.25, -0.2) is 0 Å². The highest BCUT2D eigenvalue weighted by Crippen LogP contribution is 2.29. The maximum Gasteiger partial charge on any atom is 0.307 e. The van der Waals surface area contributed by atoms with Crippen LogP contribution in [0.1, 0.15) is 6.42 Å². The molecule has 0 radical (unpaired) electrons. The normalized spacial score (nSPS) is 10.2. The maximum atomic E-state index is 11.8. The molecular formula is C17H15Cl2NO3S. The molecule has 2 rings (SSSR count). The number of anilines is 1. The Bertz CT molecular complexity index is 710. The van der Waals surface area contributed by atoms with Crippen molar-refractivity contribution < 1.29 is 14.3 Å². The van der Waals surface area contributed by atoms with Crippen LogP contribution < -0.4 is 5.32 Å². The smallest absolute Gasteiger partial charge is 0.307 e. The van der Waals surface area contributed by atoms with Crippen LogP contribution in [-0.2, 0) is 14.3 Å². The molecule has 126 valence electrons. The van der Waals surface area contributed by atoms with Gasteiger partial charge in [-0.05, 0) is 24.3 Å². The topological polar surface area (TPSA) is 55.4 Å². The quantitative estimate of drug-likeness (QED) is 0.557. The average molecular weight is 384 g/mol. The van der Waals surface area contributed by atoms with Gasteiger partial charge in [0, 0.05) is 10.6 Å². The summed E-state index contributed by atoms with van der Waals surface area (Å²) in [6, 6.07) is 14.6. The van der Waals surface area contributed by atoms with E-state index in [1.54, 1.807) is 30.0 Å². The minimum absolute atomic E-state index is 0.227. The third-order valence-corrected chi connectivity index (χ3v) is 4.74. The predicted molar refractivity (Wildman–Crippen MR) is 97.8 cm³/mol. The lowest BCUT2D eigenvalue weighted by Crippen LogP contribution is -2.21. The number of nitrogens with one attached hydrogen (secondary N) is 1. The van der Waals surface area contributed by atoms with Crippen LogP contribution in [0.4, 0.5) is 5.69 Å². The molecule has 1 amide bonds. The molecule has 0 fully saturated rings. The van der Waals surface area contributed by atoms with E-state index in [4.69, 9.17) is 27.9 Å². The van der Waals surface area contributed by atoms with Crippen LogP contribution in [0.3, 0.4) is 0 Å². The maximum absolute atomic E-state index is 11.8. The van der Waals surface area contributed by atoms with Crippen molar-refractivity contribution in [2.75, 3.05) is 17.7 Å². The van der Waals surface area contributed by atoms with Crippen LogP contribution in [0.15, 0.2) is 53.4 Å². The van der Waals surface area contributed by atoms with Crippen LogP contribution in [0.2, 0.25) is 10.0 Å². The monoisotopic (exact) mass is 383 g/mol. The largest absolute Gasteiger partial charge is 0.456 e. The van der Waals surface area contributed by atoms with Crippen LogP contribution in [0.5, 0.6) is 0 Å². The average Bonchev–Trinajstić information content (AvgIpc) is 2.58. The van der Waals surface area contributed by atoms with Crippen LogP contribution in [0, 0.1) is 0 Å². The van der Waals surface area contributed by atoms with E-state index in [0.29, 0.717) is 16.5 Å². The van der Waals surface area contributed by atoms with Crippen LogP contribution in [0.25, 0.3) is 0 Å². The second-order valence-electron chi connectivity index (χ2n) is 4.72. The first kappa shape index (κ1) is 18.6. The number of hydrogen-bond donors (Lipinski definition) is 1. The Hall–Kier alpha value is -1.69. The molecule has 1 N–H and O–H groups in total. The molecule has 24 heavy (non-hydrogen) atoms. The number of esters is 1. The molecule has 0 bridgehead atoms. The van der Waals surface area contributed by atoms with Crippen molar-refractivity contribution in [3.63, 3.8) is 0 Å². The van der Waals surface area contributed by atoms with Gasteiger partial charge in [-0.15, -0.1) is 11.8 Å². The molecule has 0 saturated carbocycles. The molecule has 2 aromatic carbocycles. The summed E-state index contributed by atoms with van der Waals surface area (Å²) >= 11 is 13.4. The van der Waals surface area contributed by atoms with Gasteiger partial charge in [-0.1, -0.05) is 47.5 Å². The standard InChI is InChI=1S/C17H15Cl2NO3S/c18-13-7-4-8-14(17(13)19)20-15(21)11-23-16(22)9-10-24-12-5-2-1-3-6-12/h1-8H,9-11H2,(H,20,21). The molecule has 2 aromatic rings. The number of halogens is 2. The number of ether oxygens (including phenoxy) is 1. The molecule has 4 nitrogen and oxygen atoms in total. The van der Waals surface area contributed by atoms with E-state index in [1.165, 1.54) is 0 Å². The van der Waals surface area contributed by atoms with E-state index in [1.807, 2.05) is 30.3 Å². The Kier molecular flexibility index (Phi) is 7.43. The summed E-state index contributed by atoms with van der Waals surface area (Å²) in [5, 5.41) is 3.14. The van der Waals surface area contributed by atoms with Gasteiger partial charge in [0.1, 0.15) is 0 Å². The van der Waals surface area contributed by atoms with Crippen molar-refractivity contribution in [2.24, 2.45) is 0 Å². The zero-order valence-electron chi connectivity index (χ0n) is 12.6. The molecule has 0 spiro atoms. The summed E-state index contributed by atoms with van der Waals surface area (Å²) in [6.45, 7) is -0.363. The molecule has 0 aliphatic heterocycles. The van der Waals surface area contributed by atoms with Gasteiger partial charge in [0.15, 0.2) is 6.61 Å². The molecule has 0 heterocycles. The number of carbonyl (C=O) groups is 2. The van der Waals surface area contributed by atoms with Crippen LogP contribution >= 0.6 is 35.0 Å². The van der Waals surface area contributed by atoms with Crippen molar-refractivity contribution >= 4 is 52.5 Å². The third kappa shape index (κ3) is 6.07. The summed E-state index contributed by atoms with van der Waals surface area (Å²) in [7, 11) is 0. The molecule has 0 aliphatic rings. The molecule has 0 saturated heterocycles. The molecule has 0 unspecified atom stereocenters. The van der Waals surface area contributed by atoms with Crippen molar-refractivity contribution in [1.29, 1.82) is 0 Å². The summed E-state index contributed by atoms with van der Waals surface area (Å²) in [5.41, 5.74) is 0.379. The highest BCUT2D eigenvalue weighted by atomic mass is 35.5. The van der Waals surface area contributed by atoms with E-state index in [0.717, 1.165) is 4.90 Å². The van der Waals surface area contributed by atoms with Crippen molar-refractivity contribution in [3.8, 4) is 0 Å². The molecule has 0 aromatic heterocycles. The van der Waals surface area contributed by atoms with E-state index >= 15 is 0 Å². The highest BCUT2D eigenvalue weighted by Gasteiger charge is 2.11. The summed E-state index contributed by atoms with van der Waals surface area (Å²) < 4.78 is 4.94. The Morgan fingerprint density at radius 1 is 1.04 bits per heavy atom. The molecule has 7 heteroatoms. The molecule has 0 atom stereocenters. The van der Waals surface area contributed by atoms with E-state index in [2.05, 4.69) is 5.32 Å². The first-order valence-electron chi connectivity index (χ1n) is 7.13. The number of hydrogen-bond acceptors (Lipinski definition) is 4. The summed E-state index contributed by atoms with van der Waals surface area (Å²) in [6.07, 6.45) is 0.227.